The monoisotopic (exact) mass is 114 g/mol. The first kappa shape index (κ1) is 5.23. The molecule has 0 N–H and O–H groups in total. The van der Waals surface area contributed by atoms with Gasteiger partial charge in [-0.1, -0.05) is 12.2 Å². The average Bonchev–Trinajstić information content (AvgIpc) is 1.69. The molecule has 0 nitrogen and oxygen atoms in total. The molecule has 0 radical (unpaired) electrons. The summed E-state index contributed by atoms with van der Waals surface area (Å²) < 4.78 is 0. The first-order valence-electron chi connectivity index (χ1n) is 2.64. The van der Waals surface area contributed by atoms with Crippen molar-refractivity contribution in [2.24, 2.45) is 0 Å². The maximum atomic E-state index is 3.89. The Balaban J connectivity index is 2.25. The number of rotatable bonds is 0. The minimum absolute atomic E-state index is 1.21. The van der Waals surface area contributed by atoms with Gasteiger partial charge in [-0.3, -0.25) is 0 Å². The Morgan fingerprint density at radius 1 is 1.57 bits per heavy atom. The fourth-order valence-electron chi connectivity index (χ4n) is 0.713. The highest BCUT2D eigenvalue weighted by Gasteiger charge is 2.00. The van der Waals surface area contributed by atoms with Crippen LogP contribution in [0.3, 0.4) is 0 Å². The van der Waals surface area contributed by atoms with Gasteiger partial charge in [0.15, 0.2) is 0 Å². The fourth-order valence-corrected chi connectivity index (χ4v) is 1.64. The first-order valence-corrected chi connectivity index (χ1v) is 3.79. The van der Waals surface area contributed by atoms with Crippen LogP contribution < -0.4 is 0 Å². The van der Waals surface area contributed by atoms with Gasteiger partial charge in [0.2, 0.25) is 0 Å². The summed E-state index contributed by atoms with van der Waals surface area (Å²) in [6.45, 7) is 3.89. The zero-order chi connectivity index (χ0) is 5.11. The van der Waals surface area contributed by atoms with Crippen molar-refractivity contribution in [1.29, 1.82) is 0 Å². The van der Waals surface area contributed by atoms with Crippen molar-refractivity contribution in [1.82, 2.24) is 0 Å². The molecule has 0 amide bonds. The molecular formula is C6H10S. The van der Waals surface area contributed by atoms with E-state index in [2.05, 4.69) is 6.58 Å². The van der Waals surface area contributed by atoms with Crippen LogP contribution in [0.25, 0.3) is 0 Å². The van der Waals surface area contributed by atoms with E-state index in [0.29, 0.717) is 0 Å². The summed E-state index contributed by atoms with van der Waals surface area (Å²) >= 11 is 2.00. The van der Waals surface area contributed by atoms with Crippen molar-refractivity contribution >= 4 is 11.8 Å². The topological polar surface area (TPSA) is 0 Å². The molecule has 1 aliphatic rings. The zero-order valence-corrected chi connectivity index (χ0v) is 5.26. The van der Waals surface area contributed by atoms with Crippen LogP contribution in [0.1, 0.15) is 12.8 Å². The summed E-state index contributed by atoms with van der Waals surface area (Å²) in [7, 11) is 0. The van der Waals surface area contributed by atoms with E-state index < -0.39 is 0 Å². The standard InChI is InChI=1S/C6H10S/c1-6-3-2-4-7-5-6/h1-5H2. The van der Waals surface area contributed by atoms with Crippen molar-refractivity contribution < 1.29 is 0 Å². The Morgan fingerprint density at radius 3 is 2.71 bits per heavy atom. The van der Waals surface area contributed by atoms with Crippen LogP contribution in [-0.4, -0.2) is 11.5 Å². The lowest BCUT2D eigenvalue weighted by atomic mass is 10.2. The molecule has 1 heterocycles. The molecule has 7 heavy (non-hydrogen) atoms. The van der Waals surface area contributed by atoms with Crippen LogP contribution in [0.15, 0.2) is 12.2 Å². The summed E-state index contributed by atoms with van der Waals surface area (Å²) in [6.07, 6.45) is 2.62. The van der Waals surface area contributed by atoms with Gasteiger partial charge in [-0.25, -0.2) is 0 Å². The fraction of sp³-hybridized carbons (Fsp3) is 0.667. The molecular weight excluding hydrogens is 104 g/mol. The number of thioether (sulfide) groups is 1. The van der Waals surface area contributed by atoms with Crippen molar-refractivity contribution in [3.8, 4) is 0 Å². The summed E-state index contributed by atoms with van der Waals surface area (Å²) in [5, 5.41) is 0. The van der Waals surface area contributed by atoms with E-state index in [4.69, 9.17) is 0 Å². The average molecular weight is 114 g/mol. The molecule has 1 heteroatoms. The molecule has 1 saturated heterocycles. The van der Waals surface area contributed by atoms with Crippen molar-refractivity contribution in [2.45, 2.75) is 12.8 Å². The highest BCUT2D eigenvalue weighted by Crippen LogP contribution is 2.19. The minimum Gasteiger partial charge on any atom is -0.158 e. The third-order valence-corrected chi connectivity index (χ3v) is 2.31. The Bertz CT molecular complexity index is 68.2. The van der Waals surface area contributed by atoms with Crippen LogP contribution in [0.4, 0.5) is 0 Å². The Kier molecular flexibility index (Phi) is 1.80. The summed E-state index contributed by atoms with van der Waals surface area (Å²) in [4.78, 5) is 0. The smallest absolute Gasteiger partial charge is 0.0140 e. The molecule has 0 unspecified atom stereocenters. The van der Waals surface area contributed by atoms with Gasteiger partial charge >= 0.3 is 0 Å². The number of hydrogen-bond donors (Lipinski definition) is 0. The van der Waals surface area contributed by atoms with Gasteiger partial charge in [0.05, 0.1) is 0 Å². The number of hydrogen-bond acceptors (Lipinski definition) is 1. The molecule has 1 rings (SSSR count). The zero-order valence-electron chi connectivity index (χ0n) is 4.44. The molecule has 0 atom stereocenters. The second-order valence-corrected chi connectivity index (χ2v) is 3.01. The summed E-state index contributed by atoms with van der Waals surface area (Å²) in [5.41, 5.74) is 1.43. The first-order chi connectivity index (χ1) is 3.39. The van der Waals surface area contributed by atoms with Crippen molar-refractivity contribution in [3.05, 3.63) is 12.2 Å². The second kappa shape index (κ2) is 2.41. The van der Waals surface area contributed by atoms with E-state index in [1.165, 1.54) is 29.9 Å². The van der Waals surface area contributed by atoms with Gasteiger partial charge in [0.1, 0.15) is 0 Å². The van der Waals surface area contributed by atoms with Gasteiger partial charge in [0.25, 0.3) is 0 Å². The third-order valence-electron chi connectivity index (χ3n) is 1.13. The molecule has 0 aromatic carbocycles. The molecule has 0 bridgehead atoms. The maximum absolute atomic E-state index is 3.89. The van der Waals surface area contributed by atoms with Gasteiger partial charge in [-0.05, 0) is 18.6 Å². The van der Waals surface area contributed by atoms with E-state index >= 15 is 0 Å². The molecule has 0 spiro atoms. The van der Waals surface area contributed by atoms with E-state index in [9.17, 15) is 0 Å². The lowest BCUT2D eigenvalue weighted by molar-refractivity contribution is 0.904. The second-order valence-electron chi connectivity index (χ2n) is 1.91. The summed E-state index contributed by atoms with van der Waals surface area (Å²) in [5.74, 6) is 2.55. The normalized spacial score (nSPS) is 22.6. The highest BCUT2D eigenvalue weighted by molar-refractivity contribution is 7.99. The molecule has 1 fully saturated rings. The van der Waals surface area contributed by atoms with Crippen LogP contribution in [-0.2, 0) is 0 Å². The molecule has 40 valence electrons. The van der Waals surface area contributed by atoms with Gasteiger partial charge in [-0.2, -0.15) is 11.8 Å². The Labute approximate surface area is 49.0 Å². The third kappa shape index (κ3) is 1.56. The quantitative estimate of drug-likeness (QED) is 0.434. The Hall–Kier alpha value is 0.0900. The molecule has 0 aromatic heterocycles. The van der Waals surface area contributed by atoms with E-state index in [0.717, 1.165) is 0 Å². The summed E-state index contributed by atoms with van der Waals surface area (Å²) in [6, 6.07) is 0. The molecule has 1 aliphatic heterocycles. The molecule has 0 aromatic rings. The highest BCUT2D eigenvalue weighted by atomic mass is 32.2. The van der Waals surface area contributed by atoms with Crippen LogP contribution in [0.2, 0.25) is 0 Å². The van der Waals surface area contributed by atoms with Crippen LogP contribution >= 0.6 is 11.8 Å². The van der Waals surface area contributed by atoms with E-state index in [-0.39, 0.29) is 0 Å². The maximum Gasteiger partial charge on any atom is 0.0140 e. The van der Waals surface area contributed by atoms with Gasteiger partial charge in [0, 0.05) is 5.75 Å². The largest absolute Gasteiger partial charge is 0.158 e. The van der Waals surface area contributed by atoms with Crippen LogP contribution in [0, 0.1) is 0 Å². The molecule has 0 aliphatic carbocycles. The van der Waals surface area contributed by atoms with Crippen LogP contribution in [0.5, 0.6) is 0 Å². The predicted molar refractivity (Wildman–Crippen MR) is 35.7 cm³/mol. The molecule has 0 saturated carbocycles. The lowest BCUT2D eigenvalue weighted by Gasteiger charge is -2.09. The van der Waals surface area contributed by atoms with Gasteiger partial charge in [-0.15, -0.1) is 0 Å². The minimum atomic E-state index is 1.21. The van der Waals surface area contributed by atoms with E-state index in [1.54, 1.807) is 0 Å². The van der Waals surface area contributed by atoms with Gasteiger partial charge < -0.3 is 0 Å². The Morgan fingerprint density at radius 2 is 2.43 bits per heavy atom. The van der Waals surface area contributed by atoms with Crippen molar-refractivity contribution in [3.63, 3.8) is 0 Å². The predicted octanol–water partition coefficient (Wildman–Crippen LogP) is 2.07. The lowest BCUT2D eigenvalue weighted by Crippen LogP contribution is -1.95. The SMILES string of the molecule is C=C1CCCSC1. The van der Waals surface area contributed by atoms with E-state index in [1.807, 2.05) is 11.8 Å². The van der Waals surface area contributed by atoms with Crippen molar-refractivity contribution in [2.75, 3.05) is 11.5 Å².